The molecule has 1 unspecified atom stereocenters. The first-order valence-corrected chi connectivity index (χ1v) is 10.8. The Balaban J connectivity index is 0. The molecule has 2 atom stereocenters. The number of halogens is 1. The van der Waals surface area contributed by atoms with Gasteiger partial charge in [0.1, 0.15) is 0 Å². The summed E-state index contributed by atoms with van der Waals surface area (Å²) in [6.07, 6.45) is 7.63. The Bertz CT molecular complexity index is 264. The Kier molecular flexibility index (Phi) is 17.2. The molecule has 0 spiro atoms. The Labute approximate surface area is 154 Å². The molecule has 1 N–H and O–H groups in total. The summed E-state index contributed by atoms with van der Waals surface area (Å²) in [7, 11) is 2.17. The second-order valence-electron chi connectivity index (χ2n) is 6.36. The number of rotatable bonds is 8. The van der Waals surface area contributed by atoms with Gasteiger partial charge in [-0.3, -0.25) is 0 Å². The Morgan fingerprint density at radius 2 is 1.78 bits per heavy atom. The molecule has 0 bridgehead atoms. The van der Waals surface area contributed by atoms with E-state index < -0.39 is 0 Å². The van der Waals surface area contributed by atoms with Gasteiger partial charge in [-0.2, -0.15) is 0 Å². The molecule has 1 saturated heterocycles. The van der Waals surface area contributed by atoms with E-state index in [2.05, 4.69) is 48.6 Å². The predicted octanol–water partition coefficient (Wildman–Crippen LogP) is 5.62. The molecule has 1 aliphatic rings. The third-order valence-electron chi connectivity index (χ3n) is 4.55. The molecule has 0 aliphatic carbocycles. The van der Waals surface area contributed by atoms with Crippen molar-refractivity contribution < 1.29 is 4.74 Å². The van der Waals surface area contributed by atoms with Crippen molar-refractivity contribution in [3.05, 3.63) is 0 Å². The molecule has 4 heteroatoms. The fraction of sp³-hybridized carbons (Fsp3) is 0.947. The Morgan fingerprint density at radius 3 is 2.17 bits per heavy atom. The number of nitrogens with zero attached hydrogens (tertiary/aromatic N) is 1. The van der Waals surface area contributed by atoms with Crippen LogP contribution < -0.4 is 0 Å². The molecule has 1 rings (SSSR count). The largest absolute Gasteiger partial charge is 0.374 e. The van der Waals surface area contributed by atoms with Crippen molar-refractivity contribution in [2.45, 2.75) is 72.3 Å². The number of nitrogens with one attached hydrogen (secondary N) is 1. The van der Waals surface area contributed by atoms with Crippen molar-refractivity contribution in [2.24, 2.45) is 11.8 Å². The minimum atomic E-state index is 0.0213. The van der Waals surface area contributed by atoms with Gasteiger partial charge in [-0.25, -0.2) is 0 Å². The molecule has 0 aromatic rings. The summed E-state index contributed by atoms with van der Waals surface area (Å²) in [5, 5.41) is 7.68. The van der Waals surface area contributed by atoms with Crippen LogP contribution in [0.25, 0.3) is 0 Å². The SMILES string of the molecule is CBr.CC.CCC(CC)C(C=N)CN(C)C[C@]1(C)CCCCO1. The summed E-state index contributed by atoms with van der Waals surface area (Å²) in [4.78, 5) is 2.36. The molecule has 0 amide bonds. The van der Waals surface area contributed by atoms with E-state index in [1.807, 2.05) is 19.7 Å². The lowest BCUT2D eigenvalue weighted by Gasteiger charge is -2.38. The first-order chi connectivity index (χ1) is 11.0. The topological polar surface area (TPSA) is 36.3 Å². The lowest BCUT2D eigenvalue weighted by Crippen LogP contribution is -2.45. The van der Waals surface area contributed by atoms with Crippen LogP contribution in [-0.2, 0) is 4.74 Å². The highest BCUT2D eigenvalue weighted by molar-refractivity contribution is 9.08. The van der Waals surface area contributed by atoms with Gasteiger partial charge in [-0.15, -0.1) is 0 Å². The predicted molar refractivity (Wildman–Crippen MR) is 108 cm³/mol. The van der Waals surface area contributed by atoms with Crippen molar-refractivity contribution in [1.82, 2.24) is 4.90 Å². The number of hydrogen-bond donors (Lipinski definition) is 1. The van der Waals surface area contributed by atoms with Crippen molar-refractivity contribution in [3.63, 3.8) is 0 Å². The maximum Gasteiger partial charge on any atom is 0.0780 e. The van der Waals surface area contributed by atoms with Crippen LogP contribution in [0.2, 0.25) is 0 Å². The molecule has 23 heavy (non-hydrogen) atoms. The van der Waals surface area contributed by atoms with E-state index in [4.69, 9.17) is 10.1 Å². The first-order valence-electron chi connectivity index (χ1n) is 9.25. The quantitative estimate of drug-likeness (QED) is 0.429. The van der Waals surface area contributed by atoms with Crippen LogP contribution in [0.4, 0.5) is 0 Å². The van der Waals surface area contributed by atoms with Gasteiger partial charge >= 0.3 is 0 Å². The third kappa shape index (κ3) is 10.5. The first kappa shape index (κ1) is 25.3. The highest BCUT2D eigenvalue weighted by Crippen LogP contribution is 2.26. The highest BCUT2D eigenvalue weighted by Gasteiger charge is 2.30. The van der Waals surface area contributed by atoms with Crippen LogP contribution in [-0.4, -0.2) is 49.3 Å². The molecule has 0 saturated carbocycles. The van der Waals surface area contributed by atoms with E-state index in [1.165, 1.54) is 12.8 Å². The van der Waals surface area contributed by atoms with Crippen LogP contribution in [0.15, 0.2) is 0 Å². The fourth-order valence-electron chi connectivity index (χ4n) is 3.34. The van der Waals surface area contributed by atoms with Crippen LogP contribution in [0, 0.1) is 17.2 Å². The fourth-order valence-corrected chi connectivity index (χ4v) is 3.34. The zero-order chi connectivity index (χ0) is 18.3. The zero-order valence-electron chi connectivity index (χ0n) is 16.6. The highest BCUT2D eigenvalue weighted by atomic mass is 79.9. The van der Waals surface area contributed by atoms with Gasteiger partial charge in [0.15, 0.2) is 0 Å². The zero-order valence-corrected chi connectivity index (χ0v) is 18.2. The van der Waals surface area contributed by atoms with Gasteiger partial charge in [0, 0.05) is 25.6 Å². The van der Waals surface area contributed by atoms with Gasteiger partial charge in [0.05, 0.1) is 5.60 Å². The molecular weight excluding hydrogens is 352 g/mol. The van der Waals surface area contributed by atoms with E-state index in [-0.39, 0.29) is 5.60 Å². The van der Waals surface area contributed by atoms with Crippen molar-refractivity contribution in [1.29, 1.82) is 5.41 Å². The van der Waals surface area contributed by atoms with E-state index in [1.54, 1.807) is 6.21 Å². The van der Waals surface area contributed by atoms with Crippen molar-refractivity contribution in [3.8, 4) is 0 Å². The van der Waals surface area contributed by atoms with Gasteiger partial charge in [0.25, 0.3) is 0 Å². The summed E-state index contributed by atoms with van der Waals surface area (Å²) in [5.41, 5.74) is 0.0213. The molecule has 1 heterocycles. The molecule has 1 fully saturated rings. The smallest absolute Gasteiger partial charge is 0.0780 e. The van der Waals surface area contributed by atoms with Crippen LogP contribution in [0.5, 0.6) is 0 Å². The van der Waals surface area contributed by atoms with E-state index in [0.717, 1.165) is 39.0 Å². The molecule has 3 nitrogen and oxygen atoms in total. The standard InChI is InChI=1S/C16H32N2O.C2H6.CH3Br/c1-5-14(6-2)15(11-17)12-18(4)13-16(3)9-7-8-10-19-16;2*1-2/h11,14-15,17H,5-10,12-13H2,1-4H3;1-2H3;1H3/t15?,16-;;/m0../s1. The van der Waals surface area contributed by atoms with Crippen molar-refractivity contribution in [2.75, 3.05) is 32.6 Å². The molecular formula is C19H41BrN2O. The maximum atomic E-state index is 7.68. The van der Waals surface area contributed by atoms with Crippen molar-refractivity contribution >= 4 is 22.1 Å². The molecule has 1 aliphatic heterocycles. The van der Waals surface area contributed by atoms with Gasteiger partial charge in [-0.1, -0.05) is 56.5 Å². The number of hydrogen-bond acceptors (Lipinski definition) is 3. The molecule has 140 valence electrons. The minimum Gasteiger partial charge on any atom is -0.374 e. The van der Waals surface area contributed by atoms with Gasteiger partial charge in [-0.05, 0) is 51.2 Å². The monoisotopic (exact) mass is 392 g/mol. The average Bonchev–Trinajstić information content (AvgIpc) is 2.58. The third-order valence-corrected chi connectivity index (χ3v) is 4.55. The van der Waals surface area contributed by atoms with E-state index >= 15 is 0 Å². The maximum absolute atomic E-state index is 7.68. The van der Waals surface area contributed by atoms with E-state index in [0.29, 0.717) is 11.8 Å². The Morgan fingerprint density at radius 1 is 1.22 bits per heavy atom. The number of likely N-dealkylation sites (N-methyl/N-ethyl adjacent to an activating group) is 1. The Hall–Kier alpha value is 0.0700. The normalized spacial score (nSPS) is 21.8. The van der Waals surface area contributed by atoms with Crippen LogP contribution >= 0.6 is 15.9 Å². The second-order valence-corrected chi connectivity index (χ2v) is 6.36. The minimum absolute atomic E-state index is 0.0213. The summed E-state index contributed by atoms with van der Waals surface area (Å²) in [5.74, 6) is 2.83. The lowest BCUT2D eigenvalue weighted by atomic mass is 9.87. The van der Waals surface area contributed by atoms with Gasteiger partial charge < -0.3 is 15.0 Å². The summed E-state index contributed by atoms with van der Waals surface area (Å²) < 4.78 is 5.97. The molecule has 0 aromatic carbocycles. The van der Waals surface area contributed by atoms with Crippen LogP contribution in [0.3, 0.4) is 0 Å². The number of ether oxygens (including phenoxy) is 1. The average molecular weight is 393 g/mol. The van der Waals surface area contributed by atoms with Crippen LogP contribution in [0.1, 0.15) is 66.7 Å². The van der Waals surface area contributed by atoms with Gasteiger partial charge in [0.2, 0.25) is 0 Å². The molecule has 0 radical (unpaired) electrons. The summed E-state index contributed by atoms with van der Waals surface area (Å²) >= 11 is 2.94. The second kappa shape index (κ2) is 15.6. The summed E-state index contributed by atoms with van der Waals surface area (Å²) in [6, 6.07) is 0. The summed E-state index contributed by atoms with van der Waals surface area (Å²) in [6.45, 7) is 13.6. The van der Waals surface area contributed by atoms with E-state index in [9.17, 15) is 0 Å². The number of alkyl halides is 1. The lowest BCUT2D eigenvalue weighted by molar-refractivity contribution is -0.0807. The molecule has 0 aromatic heterocycles.